The summed E-state index contributed by atoms with van der Waals surface area (Å²) in [7, 11) is 0. The average molecular weight is 398 g/mol. The second kappa shape index (κ2) is 7.76. The van der Waals surface area contributed by atoms with Crippen LogP contribution in [-0.4, -0.2) is 38.0 Å². The first kappa shape index (κ1) is 19.5. The van der Waals surface area contributed by atoms with E-state index in [-0.39, 0.29) is 16.7 Å². The molecule has 1 heterocycles. The van der Waals surface area contributed by atoms with Crippen LogP contribution in [0.4, 0.5) is 5.69 Å². The number of fused-ring (bicyclic) bond motifs is 1. The van der Waals surface area contributed by atoms with E-state index < -0.39 is 33.9 Å². The van der Waals surface area contributed by atoms with Crippen LogP contribution in [0.1, 0.15) is 12.5 Å². The van der Waals surface area contributed by atoms with Gasteiger partial charge in [-0.1, -0.05) is 18.2 Å². The van der Waals surface area contributed by atoms with E-state index in [4.69, 9.17) is 9.84 Å². The van der Waals surface area contributed by atoms with Crippen molar-refractivity contribution < 1.29 is 19.6 Å². The molecule has 2 N–H and O–H groups in total. The van der Waals surface area contributed by atoms with Crippen molar-refractivity contribution in [3.8, 4) is 5.75 Å². The number of para-hydroxylation sites is 2. The van der Waals surface area contributed by atoms with Crippen molar-refractivity contribution in [2.45, 2.75) is 13.0 Å². The molecule has 0 radical (unpaired) electrons. The Morgan fingerprint density at radius 2 is 2.00 bits per heavy atom. The third-order valence-electron chi connectivity index (χ3n) is 3.96. The van der Waals surface area contributed by atoms with Crippen LogP contribution in [0.15, 0.2) is 57.2 Å². The molecular weight excluding hydrogens is 384 g/mol. The highest BCUT2D eigenvalue weighted by Crippen LogP contribution is 2.31. The molecule has 0 aliphatic heterocycles. The quantitative estimate of drug-likeness (QED) is 0.360. The fraction of sp³-hybridized carbons (Fsp3) is 0.111. The molecule has 0 unspecified atom stereocenters. The van der Waals surface area contributed by atoms with Gasteiger partial charge in [0.25, 0.3) is 5.56 Å². The second-order valence-electron chi connectivity index (χ2n) is 5.89. The lowest BCUT2D eigenvalue weighted by Crippen LogP contribution is -2.32. The second-order valence-corrected chi connectivity index (χ2v) is 5.89. The lowest BCUT2D eigenvalue weighted by Gasteiger charge is -2.12. The summed E-state index contributed by atoms with van der Waals surface area (Å²) in [6.45, 7) is 1.21. The highest BCUT2D eigenvalue weighted by Gasteiger charge is 2.23. The minimum absolute atomic E-state index is 0.0201. The Kier molecular flexibility index (Phi) is 5.21. The molecule has 1 aromatic heterocycles. The number of nitrogens with one attached hydrogen (secondary N) is 1. The number of carboxylic acids is 1. The summed E-state index contributed by atoms with van der Waals surface area (Å²) < 4.78 is 5.77. The normalized spacial score (nSPS) is 12.2. The maximum absolute atomic E-state index is 12.5. The standard InChI is InChI=1S/C18H14N4O7/c1-10(17(24)25)29-15-11(5-4-8-14(15)22(27)28)9-19-21-16(23)12-6-2-3-7-13(12)20-18(21)26/h2-10H,1H3,(H,20,26)(H,24,25)/t10-/m0/s1. The lowest BCUT2D eigenvalue weighted by molar-refractivity contribution is -0.386. The van der Waals surface area contributed by atoms with Crippen molar-refractivity contribution in [3.05, 3.63) is 79.0 Å². The Labute approximate surface area is 161 Å². The van der Waals surface area contributed by atoms with Crippen LogP contribution in [0, 0.1) is 10.1 Å². The predicted octanol–water partition coefficient (Wildman–Crippen LogP) is 1.33. The molecule has 148 valence electrons. The van der Waals surface area contributed by atoms with Gasteiger partial charge in [0, 0.05) is 11.6 Å². The van der Waals surface area contributed by atoms with Gasteiger partial charge in [-0.05, 0) is 25.1 Å². The van der Waals surface area contributed by atoms with Crippen molar-refractivity contribution in [1.82, 2.24) is 9.66 Å². The van der Waals surface area contributed by atoms with Gasteiger partial charge in [0.15, 0.2) is 6.10 Å². The summed E-state index contributed by atoms with van der Waals surface area (Å²) in [5, 5.41) is 24.3. The summed E-state index contributed by atoms with van der Waals surface area (Å²) in [6.07, 6.45) is -0.363. The predicted molar refractivity (Wildman–Crippen MR) is 103 cm³/mol. The molecule has 0 bridgehead atoms. The zero-order valence-corrected chi connectivity index (χ0v) is 14.9. The number of carbonyl (C=O) groups is 1. The summed E-state index contributed by atoms with van der Waals surface area (Å²) >= 11 is 0. The Balaban J connectivity index is 2.12. The van der Waals surface area contributed by atoms with E-state index in [0.29, 0.717) is 10.2 Å². The maximum atomic E-state index is 12.5. The van der Waals surface area contributed by atoms with E-state index in [1.54, 1.807) is 18.2 Å². The highest BCUT2D eigenvalue weighted by molar-refractivity contribution is 5.86. The number of aromatic nitrogens is 2. The van der Waals surface area contributed by atoms with Gasteiger partial charge in [-0.2, -0.15) is 5.10 Å². The molecule has 0 saturated heterocycles. The van der Waals surface area contributed by atoms with Gasteiger partial charge < -0.3 is 14.8 Å². The van der Waals surface area contributed by atoms with Crippen LogP contribution < -0.4 is 16.0 Å². The van der Waals surface area contributed by atoms with Crippen LogP contribution in [0.5, 0.6) is 5.75 Å². The van der Waals surface area contributed by atoms with E-state index >= 15 is 0 Å². The topological polar surface area (TPSA) is 157 Å². The van der Waals surface area contributed by atoms with Crippen LogP contribution in [-0.2, 0) is 4.79 Å². The first-order valence-corrected chi connectivity index (χ1v) is 8.25. The number of H-pyrrole nitrogens is 1. The third kappa shape index (κ3) is 3.88. The third-order valence-corrected chi connectivity index (χ3v) is 3.96. The molecule has 0 aliphatic carbocycles. The van der Waals surface area contributed by atoms with E-state index in [2.05, 4.69) is 10.1 Å². The largest absolute Gasteiger partial charge is 0.479 e. The molecule has 0 amide bonds. The van der Waals surface area contributed by atoms with Crippen LogP contribution >= 0.6 is 0 Å². The number of nitro groups is 1. The Hall–Kier alpha value is -4.28. The van der Waals surface area contributed by atoms with Crippen LogP contribution in [0.3, 0.4) is 0 Å². The molecule has 0 aliphatic rings. The molecule has 2 aromatic carbocycles. The fourth-order valence-corrected chi connectivity index (χ4v) is 2.52. The van der Waals surface area contributed by atoms with Gasteiger partial charge in [0.05, 0.1) is 22.0 Å². The van der Waals surface area contributed by atoms with Gasteiger partial charge in [-0.25, -0.2) is 9.59 Å². The molecule has 0 fully saturated rings. The smallest absolute Gasteiger partial charge is 0.349 e. The summed E-state index contributed by atoms with van der Waals surface area (Å²) in [4.78, 5) is 48.8. The Morgan fingerprint density at radius 3 is 2.69 bits per heavy atom. The maximum Gasteiger partial charge on any atom is 0.349 e. The number of nitro benzene ring substituents is 1. The molecule has 3 aromatic rings. The molecule has 29 heavy (non-hydrogen) atoms. The summed E-state index contributed by atoms with van der Waals surface area (Å²) in [6, 6.07) is 10.2. The van der Waals surface area contributed by atoms with Crippen molar-refractivity contribution >= 4 is 28.8 Å². The summed E-state index contributed by atoms with van der Waals surface area (Å²) in [5.74, 6) is -1.67. The number of rotatable bonds is 6. The van der Waals surface area contributed by atoms with Crippen molar-refractivity contribution in [1.29, 1.82) is 0 Å². The molecule has 1 atom stereocenters. The van der Waals surface area contributed by atoms with E-state index in [0.717, 1.165) is 12.3 Å². The zero-order valence-electron chi connectivity index (χ0n) is 14.9. The van der Waals surface area contributed by atoms with Crippen molar-refractivity contribution in [2.24, 2.45) is 5.10 Å². The van der Waals surface area contributed by atoms with Gasteiger partial charge in [0.2, 0.25) is 5.75 Å². The molecular formula is C18H14N4O7. The lowest BCUT2D eigenvalue weighted by atomic mass is 10.2. The molecule has 0 saturated carbocycles. The van der Waals surface area contributed by atoms with Crippen molar-refractivity contribution in [3.63, 3.8) is 0 Å². The number of benzene rings is 2. The number of carboxylic acid groups (broad SMARTS) is 1. The van der Waals surface area contributed by atoms with Gasteiger partial charge in [-0.15, -0.1) is 4.68 Å². The Bertz CT molecular complexity index is 1260. The highest BCUT2D eigenvalue weighted by atomic mass is 16.6. The van der Waals surface area contributed by atoms with Gasteiger partial charge in [-0.3, -0.25) is 14.9 Å². The summed E-state index contributed by atoms with van der Waals surface area (Å²) in [5.41, 5.74) is -1.62. The number of nitrogens with zero attached hydrogens (tertiary/aromatic N) is 3. The van der Waals surface area contributed by atoms with E-state index in [1.807, 2.05) is 0 Å². The first-order chi connectivity index (χ1) is 13.8. The molecule has 3 rings (SSSR count). The number of aromatic amines is 1. The van der Waals surface area contributed by atoms with Crippen molar-refractivity contribution in [2.75, 3.05) is 0 Å². The SMILES string of the molecule is C[C@H](Oc1c(C=Nn2c(=O)[nH]c3ccccc3c2=O)cccc1[N+](=O)[O-])C(=O)O. The molecule has 11 nitrogen and oxygen atoms in total. The monoisotopic (exact) mass is 398 g/mol. The zero-order chi connectivity index (χ0) is 21.1. The molecule has 11 heteroatoms. The first-order valence-electron chi connectivity index (χ1n) is 8.25. The Morgan fingerprint density at radius 1 is 1.28 bits per heavy atom. The van der Waals surface area contributed by atoms with Crippen LogP contribution in [0.2, 0.25) is 0 Å². The van der Waals surface area contributed by atoms with E-state index in [9.17, 15) is 24.5 Å². The minimum Gasteiger partial charge on any atom is -0.479 e. The fourth-order valence-electron chi connectivity index (χ4n) is 2.52. The van der Waals surface area contributed by atoms with Gasteiger partial charge >= 0.3 is 17.3 Å². The van der Waals surface area contributed by atoms with E-state index in [1.165, 1.54) is 25.1 Å². The minimum atomic E-state index is -1.38. The molecule has 0 spiro atoms. The number of ether oxygens (including phenoxy) is 1. The average Bonchev–Trinajstić information content (AvgIpc) is 2.68. The number of aliphatic carboxylic acids is 1. The van der Waals surface area contributed by atoms with Crippen LogP contribution in [0.25, 0.3) is 10.9 Å². The number of hydrogen-bond acceptors (Lipinski definition) is 7. The van der Waals surface area contributed by atoms with Gasteiger partial charge in [0.1, 0.15) is 0 Å². The number of hydrogen-bond donors (Lipinski definition) is 2.